The Morgan fingerprint density at radius 3 is 2.52 bits per heavy atom. The van der Waals surface area contributed by atoms with Gasteiger partial charge in [-0.05, 0) is 59.0 Å². The number of halogens is 1. The van der Waals surface area contributed by atoms with E-state index < -0.39 is 5.97 Å². The molecule has 0 amide bonds. The van der Waals surface area contributed by atoms with Gasteiger partial charge in [-0.15, -0.1) is 0 Å². The van der Waals surface area contributed by atoms with Crippen molar-refractivity contribution in [2.24, 2.45) is 0 Å². The molecule has 0 aliphatic carbocycles. The molecule has 21 heavy (non-hydrogen) atoms. The third-order valence-corrected chi connectivity index (χ3v) is 3.66. The van der Waals surface area contributed by atoms with Gasteiger partial charge in [-0.2, -0.15) is 0 Å². The van der Waals surface area contributed by atoms with E-state index in [0.717, 1.165) is 8.96 Å². The Bertz CT molecular complexity index is 815. The summed E-state index contributed by atoms with van der Waals surface area (Å²) in [6, 6.07) is 16.3. The topological polar surface area (TPSA) is 59.4 Å². The van der Waals surface area contributed by atoms with Crippen molar-refractivity contribution in [3.05, 3.63) is 63.9 Å². The summed E-state index contributed by atoms with van der Waals surface area (Å²) >= 11 is 2.21. The Labute approximate surface area is 134 Å². The summed E-state index contributed by atoms with van der Waals surface area (Å²) in [6.45, 7) is 0. The third kappa shape index (κ3) is 2.97. The molecule has 3 rings (SSSR count). The number of carboxylic acids is 1. The number of carbonyl (C=O) groups is 1. The minimum Gasteiger partial charge on any atom is -0.477 e. The van der Waals surface area contributed by atoms with E-state index >= 15 is 0 Å². The number of aromatic nitrogens is 1. The fourth-order valence-corrected chi connectivity index (χ4v) is 2.33. The van der Waals surface area contributed by atoms with Crippen LogP contribution in [0, 0.1) is 3.57 Å². The van der Waals surface area contributed by atoms with Crippen LogP contribution in [-0.2, 0) is 0 Å². The van der Waals surface area contributed by atoms with Gasteiger partial charge in [0.15, 0.2) is 5.69 Å². The Morgan fingerprint density at radius 2 is 1.81 bits per heavy atom. The van der Waals surface area contributed by atoms with Crippen LogP contribution in [0.4, 0.5) is 0 Å². The second-order valence-corrected chi connectivity index (χ2v) is 5.63. The van der Waals surface area contributed by atoms with Gasteiger partial charge in [-0.3, -0.25) is 0 Å². The highest BCUT2D eigenvalue weighted by Crippen LogP contribution is 2.30. The number of hydrogen-bond donors (Lipinski definition) is 1. The summed E-state index contributed by atoms with van der Waals surface area (Å²) in [5, 5.41) is 9.93. The highest BCUT2D eigenvalue weighted by Gasteiger charge is 2.12. The van der Waals surface area contributed by atoms with Gasteiger partial charge in [-0.25, -0.2) is 9.78 Å². The molecule has 0 spiro atoms. The lowest BCUT2D eigenvalue weighted by molar-refractivity contribution is 0.0690. The zero-order valence-corrected chi connectivity index (χ0v) is 12.9. The monoisotopic (exact) mass is 391 g/mol. The van der Waals surface area contributed by atoms with Crippen LogP contribution in [0.5, 0.6) is 11.5 Å². The largest absolute Gasteiger partial charge is 0.477 e. The lowest BCUT2D eigenvalue weighted by Gasteiger charge is -2.10. The van der Waals surface area contributed by atoms with E-state index in [4.69, 9.17) is 9.84 Å². The molecule has 0 saturated carbocycles. The molecule has 0 bridgehead atoms. The van der Waals surface area contributed by atoms with Gasteiger partial charge in [0.05, 0.1) is 5.52 Å². The van der Waals surface area contributed by atoms with Crippen LogP contribution in [0.15, 0.2) is 54.6 Å². The van der Waals surface area contributed by atoms with Crippen LogP contribution in [-0.4, -0.2) is 16.1 Å². The van der Waals surface area contributed by atoms with E-state index in [0.29, 0.717) is 17.0 Å². The van der Waals surface area contributed by atoms with E-state index in [-0.39, 0.29) is 5.69 Å². The number of pyridine rings is 1. The first-order valence-electron chi connectivity index (χ1n) is 6.20. The molecule has 1 heterocycles. The van der Waals surface area contributed by atoms with Crippen molar-refractivity contribution in [2.75, 3.05) is 0 Å². The lowest BCUT2D eigenvalue weighted by atomic mass is 10.2. The number of fused-ring (bicyclic) bond motifs is 1. The number of aromatic carboxylic acids is 1. The average molecular weight is 391 g/mol. The van der Waals surface area contributed by atoms with E-state index in [1.54, 1.807) is 6.07 Å². The van der Waals surface area contributed by atoms with Gasteiger partial charge in [0.1, 0.15) is 11.5 Å². The number of benzene rings is 2. The van der Waals surface area contributed by atoms with E-state index in [9.17, 15) is 4.79 Å². The minimum absolute atomic E-state index is 0.0331. The SMILES string of the molecule is O=C(O)c1cc(Oc2ccc(I)cc2)c2ccccc2n1. The van der Waals surface area contributed by atoms with Gasteiger partial charge >= 0.3 is 5.97 Å². The van der Waals surface area contributed by atoms with Crippen molar-refractivity contribution in [3.8, 4) is 11.5 Å². The summed E-state index contributed by atoms with van der Waals surface area (Å²) in [4.78, 5) is 15.3. The Hall–Kier alpha value is -2.15. The van der Waals surface area contributed by atoms with Crippen LogP contribution in [0.2, 0.25) is 0 Å². The molecule has 0 unspecified atom stereocenters. The molecular weight excluding hydrogens is 381 g/mol. The molecule has 0 fully saturated rings. The number of para-hydroxylation sites is 1. The number of rotatable bonds is 3. The van der Waals surface area contributed by atoms with E-state index in [1.807, 2.05) is 42.5 Å². The van der Waals surface area contributed by atoms with E-state index in [1.165, 1.54) is 6.07 Å². The zero-order chi connectivity index (χ0) is 14.8. The van der Waals surface area contributed by atoms with Crippen molar-refractivity contribution >= 4 is 39.5 Å². The number of ether oxygens (including phenoxy) is 1. The molecule has 0 radical (unpaired) electrons. The first-order chi connectivity index (χ1) is 10.1. The fraction of sp³-hybridized carbons (Fsp3) is 0. The second kappa shape index (κ2) is 5.69. The predicted octanol–water partition coefficient (Wildman–Crippen LogP) is 4.33. The smallest absolute Gasteiger partial charge is 0.354 e. The molecule has 0 aliphatic heterocycles. The molecule has 5 heteroatoms. The number of nitrogens with zero attached hydrogens (tertiary/aromatic N) is 1. The first-order valence-corrected chi connectivity index (χ1v) is 7.28. The van der Waals surface area contributed by atoms with Crippen molar-refractivity contribution in [1.29, 1.82) is 0 Å². The van der Waals surface area contributed by atoms with Crippen LogP contribution < -0.4 is 4.74 Å². The molecule has 2 aromatic carbocycles. The van der Waals surface area contributed by atoms with Crippen molar-refractivity contribution in [2.45, 2.75) is 0 Å². The van der Waals surface area contributed by atoms with Crippen molar-refractivity contribution in [3.63, 3.8) is 0 Å². The summed E-state index contributed by atoms with van der Waals surface area (Å²) in [6.07, 6.45) is 0. The fourth-order valence-electron chi connectivity index (χ4n) is 1.97. The second-order valence-electron chi connectivity index (χ2n) is 4.38. The minimum atomic E-state index is -1.08. The summed E-state index contributed by atoms with van der Waals surface area (Å²) in [5.74, 6) is 0.0653. The lowest BCUT2D eigenvalue weighted by Crippen LogP contribution is -2.01. The van der Waals surface area contributed by atoms with Crippen LogP contribution in [0.3, 0.4) is 0 Å². The average Bonchev–Trinajstić information content (AvgIpc) is 2.49. The maximum absolute atomic E-state index is 11.2. The molecule has 0 saturated heterocycles. The zero-order valence-electron chi connectivity index (χ0n) is 10.8. The predicted molar refractivity (Wildman–Crippen MR) is 87.9 cm³/mol. The van der Waals surface area contributed by atoms with Crippen LogP contribution in [0.1, 0.15) is 10.5 Å². The Balaban J connectivity index is 2.11. The summed E-state index contributed by atoms with van der Waals surface area (Å²) < 4.78 is 6.93. The molecule has 0 aliphatic rings. The Morgan fingerprint density at radius 1 is 1.10 bits per heavy atom. The number of carboxylic acid groups (broad SMARTS) is 1. The highest BCUT2D eigenvalue weighted by molar-refractivity contribution is 14.1. The molecular formula is C16H10INO3. The standard InChI is InChI=1S/C16H10INO3/c17-10-5-7-11(8-6-10)21-15-9-14(16(19)20)18-13-4-2-1-3-12(13)15/h1-9H,(H,19,20). The molecule has 104 valence electrons. The van der Waals surface area contributed by atoms with Gasteiger partial charge in [0.25, 0.3) is 0 Å². The van der Waals surface area contributed by atoms with Crippen molar-refractivity contribution in [1.82, 2.24) is 4.98 Å². The summed E-state index contributed by atoms with van der Waals surface area (Å²) in [5.41, 5.74) is 0.562. The highest BCUT2D eigenvalue weighted by atomic mass is 127. The quantitative estimate of drug-likeness (QED) is 0.676. The van der Waals surface area contributed by atoms with Crippen LogP contribution >= 0.6 is 22.6 Å². The molecule has 1 aromatic heterocycles. The molecule has 3 aromatic rings. The molecule has 4 nitrogen and oxygen atoms in total. The number of hydrogen-bond acceptors (Lipinski definition) is 3. The maximum Gasteiger partial charge on any atom is 0.354 e. The normalized spacial score (nSPS) is 10.5. The maximum atomic E-state index is 11.2. The van der Waals surface area contributed by atoms with Gasteiger partial charge in [0, 0.05) is 15.0 Å². The summed E-state index contributed by atoms with van der Waals surface area (Å²) in [7, 11) is 0. The Kier molecular flexibility index (Phi) is 3.74. The van der Waals surface area contributed by atoms with Gasteiger partial charge in [0.2, 0.25) is 0 Å². The van der Waals surface area contributed by atoms with Crippen molar-refractivity contribution < 1.29 is 14.6 Å². The molecule has 1 N–H and O–H groups in total. The first kappa shape index (κ1) is 13.8. The van der Waals surface area contributed by atoms with Crippen LogP contribution in [0.25, 0.3) is 10.9 Å². The van der Waals surface area contributed by atoms with Gasteiger partial charge < -0.3 is 9.84 Å². The molecule has 0 atom stereocenters. The van der Waals surface area contributed by atoms with E-state index in [2.05, 4.69) is 27.6 Å². The van der Waals surface area contributed by atoms with Gasteiger partial charge in [-0.1, -0.05) is 12.1 Å². The third-order valence-electron chi connectivity index (χ3n) is 2.94.